The van der Waals surface area contributed by atoms with Crippen LogP contribution >= 0.6 is 0 Å². The Morgan fingerprint density at radius 1 is 1.43 bits per heavy atom. The number of aliphatic imine (C=N–C) groups is 1. The third kappa shape index (κ3) is 3.53. The summed E-state index contributed by atoms with van der Waals surface area (Å²) in [7, 11) is 1.53. The fourth-order valence-electron chi connectivity index (χ4n) is 2.08. The number of amides is 1. The highest BCUT2D eigenvalue weighted by Gasteiger charge is 2.21. The first-order valence-electron chi connectivity index (χ1n) is 6.76. The third-order valence-corrected chi connectivity index (χ3v) is 3.08. The second kappa shape index (κ2) is 6.78. The molecule has 3 N–H and O–H groups in total. The Labute approximate surface area is 123 Å². The monoisotopic (exact) mass is 289 g/mol. The largest absolute Gasteiger partial charge is 0.512 e. The van der Waals surface area contributed by atoms with E-state index in [1.807, 2.05) is 6.07 Å². The molecule has 1 heterocycles. The number of ether oxygens (including phenoxy) is 1. The lowest BCUT2D eigenvalue weighted by molar-refractivity contribution is -0.112. The molecular weight excluding hydrogens is 270 g/mol. The zero-order valence-electron chi connectivity index (χ0n) is 12.1. The van der Waals surface area contributed by atoms with Crippen molar-refractivity contribution < 1.29 is 14.6 Å². The summed E-state index contributed by atoms with van der Waals surface area (Å²) in [5.74, 6) is 0.483. The molecule has 6 nitrogen and oxygen atoms in total. The van der Waals surface area contributed by atoms with Crippen molar-refractivity contribution in [2.45, 2.75) is 13.3 Å². The average Bonchev–Trinajstić information content (AvgIpc) is 2.48. The van der Waals surface area contributed by atoms with Crippen LogP contribution in [0, 0.1) is 0 Å². The molecular formula is C15H19N3O3. The summed E-state index contributed by atoms with van der Waals surface area (Å²) < 4.78 is 5.19. The molecule has 112 valence electrons. The predicted octanol–water partition coefficient (Wildman–Crippen LogP) is 1.86. The van der Waals surface area contributed by atoms with Gasteiger partial charge in [-0.25, -0.2) is 0 Å². The van der Waals surface area contributed by atoms with Crippen molar-refractivity contribution in [1.82, 2.24) is 5.32 Å². The molecule has 0 aliphatic carbocycles. The Hall–Kier alpha value is -2.50. The summed E-state index contributed by atoms with van der Waals surface area (Å²) in [6.07, 6.45) is 0.912. The van der Waals surface area contributed by atoms with Crippen LogP contribution in [0.25, 0.3) is 0 Å². The predicted molar refractivity (Wildman–Crippen MR) is 81.9 cm³/mol. The molecule has 0 aromatic heterocycles. The van der Waals surface area contributed by atoms with Gasteiger partial charge in [0.1, 0.15) is 22.9 Å². The molecule has 0 fully saturated rings. The van der Waals surface area contributed by atoms with Gasteiger partial charge in [-0.2, -0.15) is 0 Å². The number of methoxy groups -OCH3 is 1. The van der Waals surface area contributed by atoms with Crippen molar-refractivity contribution in [3.8, 4) is 5.75 Å². The van der Waals surface area contributed by atoms with Crippen LogP contribution < -0.4 is 15.4 Å². The number of hydrogen-bond acceptors (Lipinski definition) is 5. The number of hydrogen-bond donors (Lipinski definition) is 3. The number of allylic oxidation sites excluding steroid dienone is 1. The summed E-state index contributed by atoms with van der Waals surface area (Å²) in [5, 5.41) is 15.6. The highest BCUT2D eigenvalue weighted by molar-refractivity contribution is 6.25. The number of carbonyl (C=O) groups excluding carboxylic acids is 1. The number of anilines is 1. The van der Waals surface area contributed by atoms with Gasteiger partial charge in [0.25, 0.3) is 5.91 Å². The number of aliphatic hydroxyl groups excluding tert-OH is 1. The first kappa shape index (κ1) is 14.9. The van der Waals surface area contributed by atoms with Gasteiger partial charge in [0.15, 0.2) is 0 Å². The molecule has 0 atom stereocenters. The average molecular weight is 289 g/mol. The lowest BCUT2D eigenvalue weighted by Crippen LogP contribution is -2.36. The van der Waals surface area contributed by atoms with Gasteiger partial charge >= 0.3 is 0 Å². The number of rotatable bonds is 4. The molecule has 1 amide bonds. The van der Waals surface area contributed by atoms with Gasteiger partial charge in [0.05, 0.1) is 12.8 Å². The van der Waals surface area contributed by atoms with Gasteiger partial charge in [0, 0.05) is 13.1 Å². The highest BCUT2D eigenvalue weighted by atomic mass is 16.5. The molecule has 1 aliphatic heterocycles. The third-order valence-electron chi connectivity index (χ3n) is 3.08. The maximum atomic E-state index is 12.4. The van der Waals surface area contributed by atoms with Crippen molar-refractivity contribution in [2.24, 2.45) is 4.99 Å². The topological polar surface area (TPSA) is 83.0 Å². The Morgan fingerprint density at radius 2 is 2.19 bits per heavy atom. The molecule has 1 aromatic rings. The van der Waals surface area contributed by atoms with E-state index in [0.29, 0.717) is 23.8 Å². The Balaban J connectivity index is 2.24. The van der Waals surface area contributed by atoms with E-state index in [0.717, 1.165) is 13.0 Å². The smallest absolute Gasteiger partial charge is 0.262 e. The van der Waals surface area contributed by atoms with E-state index in [4.69, 9.17) is 4.74 Å². The lowest BCUT2D eigenvalue weighted by Gasteiger charge is -2.18. The summed E-state index contributed by atoms with van der Waals surface area (Å²) in [6, 6.07) is 7.09. The molecule has 0 unspecified atom stereocenters. The molecule has 0 saturated heterocycles. The van der Waals surface area contributed by atoms with Crippen molar-refractivity contribution in [3.63, 3.8) is 0 Å². The summed E-state index contributed by atoms with van der Waals surface area (Å²) in [5.41, 5.74) is 0.695. The van der Waals surface area contributed by atoms with Crippen LogP contribution in [-0.2, 0) is 4.79 Å². The van der Waals surface area contributed by atoms with Gasteiger partial charge in [-0.15, -0.1) is 0 Å². The number of nitrogens with zero attached hydrogens (tertiary/aromatic N) is 1. The zero-order chi connectivity index (χ0) is 15.2. The number of aliphatic hydroxyl groups is 1. The maximum absolute atomic E-state index is 12.4. The minimum atomic E-state index is -0.423. The molecule has 0 saturated carbocycles. The summed E-state index contributed by atoms with van der Waals surface area (Å²) >= 11 is 0. The Kier molecular flexibility index (Phi) is 4.81. The maximum Gasteiger partial charge on any atom is 0.262 e. The van der Waals surface area contributed by atoms with E-state index < -0.39 is 5.91 Å². The molecule has 0 bridgehead atoms. The second-order valence-corrected chi connectivity index (χ2v) is 4.63. The molecule has 0 radical (unpaired) electrons. The molecule has 0 spiro atoms. The van der Waals surface area contributed by atoms with Crippen LogP contribution in [0.1, 0.15) is 13.3 Å². The molecule has 2 rings (SSSR count). The van der Waals surface area contributed by atoms with Gasteiger partial charge < -0.3 is 20.5 Å². The number of benzene rings is 1. The van der Waals surface area contributed by atoms with Crippen LogP contribution in [0.15, 0.2) is 40.6 Å². The Bertz CT molecular complexity index is 590. The van der Waals surface area contributed by atoms with E-state index in [1.165, 1.54) is 14.0 Å². The van der Waals surface area contributed by atoms with Crippen molar-refractivity contribution in [1.29, 1.82) is 0 Å². The molecule has 1 aliphatic rings. The van der Waals surface area contributed by atoms with E-state index in [2.05, 4.69) is 15.6 Å². The molecule has 21 heavy (non-hydrogen) atoms. The fourth-order valence-corrected chi connectivity index (χ4v) is 2.08. The standard InChI is InChI=1S/C15H19N3O3/c1-10(19)13(14-16-8-5-9-17-14)15(20)18-11-6-3-4-7-12(11)21-2/h3-4,6-7,19H,5,8-9H2,1-2H3,(H,16,17)(H,18,20)/b13-10-. The minimum absolute atomic E-state index is 0.0736. The van der Waals surface area contributed by atoms with Crippen LogP contribution in [0.4, 0.5) is 5.69 Å². The zero-order valence-corrected chi connectivity index (χ0v) is 12.1. The van der Waals surface area contributed by atoms with Gasteiger partial charge in [0.2, 0.25) is 0 Å². The Morgan fingerprint density at radius 3 is 2.81 bits per heavy atom. The van der Waals surface area contributed by atoms with E-state index >= 15 is 0 Å². The van der Waals surface area contributed by atoms with E-state index in [-0.39, 0.29) is 11.3 Å². The minimum Gasteiger partial charge on any atom is -0.512 e. The first-order valence-corrected chi connectivity index (χ1v) is 6.76. The van der Waals surface area contributed by atoms with Crippen molar-refractivity contribution >= 4 is 17.4 Å². The number of nitrogens with one attached hydrogen (secondary N) is 2. The van der Waals surface area contributed by atoms with Crippen LogP contribution in [0.5, 0.6) is 5.75 Å². The SMILES string of the molecule is COc1ccccc1NC(=O)/C(C1=NCCCN1)=C(/C)O. The lowest BCUT2D eigenvalue weighted by atomic mass is 10.1. The van der Waals surface area contributed by atoms with E-state index in [9.17, 15) is 9.90 Å². The van der Waals surface area contributed by atoms with Gasteiger partial charge in [-0.05, 0) is 25.5 Å². The van der Waals surface area contributed by atoms with Crippen LogP contribution in [0.2, 0.25) is 0 Å². The van der Waals surface area contributed by atoms with Crippen LogP contribution in [-0.4, -0.2) is 37.0 Å². The fraction of sp³-hybridized carbons (Fsp3) is 0.333. The highest BCUT2D eigenvalue weighted by Crippen LogP contribution is 2.24. The van der Waals surface area contributed by atoms with Gasteiger partial charge in [-0.1, -0.05) is 12.1 Å². The van der Waals surface area contributed by atoms with Crippen molar-refractivity contribution in [3.05, 3.63) is 35.6 Å². The van der Waals surface area contributed by atoms with Crippen molar-refractivity contribution in [2.75, 3.05) is 25.5 Å². The number of amidine groups is 1. The summed E-state index contributed by atoms with van der Waals surface area (Å²) in [6.45, 7) is 2.84. The summed E-state index contributed by atoms with van der Waals surface area (Å²) in [4.78, 5) is 16.7. The van der Waals surface area contributed by atoms with Crippen LogP contribution in [0.3, 0.4) is 0 Å². The van der Waals surface area contributed by atoms with Gasteiger partial charge in [-0.3, -0.25) is 9.79 Å². The number of carbonyl (C=O) groups is 1. The quantitative estimate of drug-likeness (QED) is 0.583. The molecule has 6 heteroatoms. The molecule has 1 aromatic carbocycles. The first-order chi connectivity index (χ1) is 10.1. The number of para-hydroxylation sites is 2. The normalized spacial score (nSPS) is 15.4. The van der Waals surface area contributed by atoms with E-state index in [1.54, 1.807) is 18.2 Å². The second-order valence-electron chi connectivity index (χ2n) is 4.63.